The van der Waals surface area contributed by atoms with Crippen molar-refractivity contribution in [1.82, 2.24) is 0 Å². The van der Waals surface area contributed by atoms with Crippen molar-refractivity contribution in [2.45, 2.75) is 44.2 Å². The summed E-state index contributed by atoms with van der Waals surface area (Å²) in [6, 6.07) is 13.7. The first-order chi connectivity index (χ1) is 34.2. The number of quaternary nitrogens is 2. The summed E-state index contributed by atoms with van der Waals surface area (Å²) in [6.07, 6.45) is 5.53. The van der Waals surface area contributed by atoms with Gasteiger partial charge in [0.05, 0.1) is 137 Å². The lowest BCUT2D eigenvalue weighted by Gasteiger charge is -2.46. The van der Waals surface area contributed by atoms with Gasteiger partial charge in [0.15, 0.2) is 46.0 Å². The van der Waals surface area contributed by atoms with E-state index >= 15 is 0 Å². The Balaban J connectivity index is 1.10. The first kappa shape index (κ1) is 53.6. The van der Waals surface area contributed by atoms with Gasteiger partial charge in [0.25, 0.3) is 0 Å². The molecule has 0 fully saturated rings. The van der Waals surface area contributed by atoms with E-state index in [1.807, 2.05) is 30.3 Å². The molecule has 2 heterocycles. The molecule has 0 N–H and O–H groups in total. The summed E-state index contributed by atoms with van der Waals surface area (Å²) in [5.41, 5.74) is 6.26. The van der Waals surface area contributed by atoms with Crippen LogP contribution < -0.4 is 52.1 Å². The fourth-order valence-electron chi connectivity index (χ4n) is 10.4. The monoisotopic (exact) mass is 988 g/mol. The molecule has 386 valence electrons. The van der Waals surface area contributed by atoms with Crippen molar-refractivity contribution in [3.05, 3.63) is 88.0 Å². The third-order valence-electron chi connectivity index (χ3n) is 14.0. The van der Waals surface area contributed by atoms with E-state index in [2.05, 4.69) is 26.2 Å². The number of ether oxygens (including phenoxy) is 13. The minimum Gasteiger partial charge on any atom is -0.493 e. The van der Waals surface area contributed by atoms with E-state index in [9.17, 15) is 9.59 Å². The largest absolute Gasteiger partial charge is 0.493 e. The molecule has 4 aromatic carbocycles. The molecule has 6 rings (SSSR count). The van der Waals surface area contributed by atoms with E-state index in [0.29, 0.717) is 105 Å². The number of carbonyl (C=O) groups excluding carboxylic acids is 2. The van der Waals surface area contributed by atoms with Gasteiger partial charge in [-0.15, -0.1) is 0 Å². The highest BCUT2D eigenvalue weighted by atomic mass is 16.6. The zero-order chi connectivity index (χ0) is 51.5. The van der Waals surface area contributed by atoms with Gasteiger partial charge in [0.1, 0.15) is 12.1 Å². The van der Waals surface area contributed by atoms with E-state index in [4.69, 9.17) is 61.6 Å². The first-order valence-electron chi connectivity index (χ1n) is 23.6. The van der Waals surface area contributed by atoms with E-state index in [1.165, 1.54) is 5.56 Å². The molecular formula is C54H72N2O15+2. The normalized spacial score (nSPS) is 19.1. The van der Waals surface area contributed by atoms with Crippen LogP contribution in [-0.4, -0.2) is 153 Å². The molecule has 17 nitrogen and oxygen atoms in total. The molecule has 0 amide bonds. The first-order valence-corrected chi connectivity index (χ1v) is 23.6. The second-order valence-electron chi connectivity index (χ2n) is 18.0. The molecule has 4 atom stereocenters. The van der Waals surface area contributed by atoms with Gasteiger partial charge in [-0.25, -0.2) is 9.59 Å². The van der Waals surface area contributed by atoms with Crippen LogP contribution in [0.5, 0.6) is 63.2 Å². The van der Waals surface area contributed by atoms with Crippen LogP contribution in [0.2, 0.25) is 0 Å². The topological polar surface area (TPSA) is 154 Å². The second kappa shape index (κ2) is 23.9. The lowest BCUT2D eigenvalue weighted by Crippen LogP contribution is -2.52. The summed E-state index contributed by atoms with van der Waals surface area (Å²) in [4.78, 5) is 25.9. The lowest BCUT2D eigenvalue weighted by molar-refractivity contribution is -0.941. The zero-order valence-electron chi connectivity index (χ0n) is 43.6. The molecule has 4 aromatic rings. The number of fused-ring (bicyclic) bond motifs is 2. The Kier molecular flexibility index (Phi) is 18.1. The number of rotatable bonds is 24. The number of esters is 2. The minimum absolute atomic E-state index is 0.00199. The molecule has 71 heavy (non-hydrogen) atoms. The number of hydrogen-bond donors (Lipinski definition) is 0. The molecule has 0 bridgehead atoms. The number of methoxy groups -OCH3 is 11. The molecule has 0 saturated carbocycles. The molecule has 4 unspecified atom stereocenters. The summed E-state index contributed by atoms with van der Waals surface area (Å²) in [7, 11) is 22.0. The Morgan fingerprint density at radius 2 is 0.915 bits per heavy atom. The number of nitrogens with zero attached hydrogens (tertiary/aromatic N) is 2. The average molecular weight is 989 g/mol. The Morgan fingerprint density at radius 3 is 1.41 bits per heavy atom. The highest BCUT2D eigenvalue weighted by Gasteiger charge is 2.45. The number of hydrogen-bond acceptors (Lipinski definition) is 15. The van der Waals surface area contributed by atoms with Crippen LogP contribution in [0.4, 0.5) is 0 Å². The van der Waals surface area contributed by atoms with Gasteiger partial charge < -0.3 is 70.5 Å². The van der Waals surface area contributed by atoms with Crippen molar-refractivity contribution in [1.29, 1.82) is 0 Å². The quantitative estimate of drug-likeness (QED) is 0.0299. The van der Waals surface area contributed by atoms with Gasteiger partial charge in [-0.1, -0.05) is 0 Å². The van der Waals surface area contributed by atoms with E-state index in [-0.39, 0.29) is 25.3 Å². The maximum atomic E-state index is 13.0. The SMILES string of the molecule is COc1cc2c(cc1OC)C(Cc1cc(OC)c(OC)c(OC)c1)[N+](C)(CCCOC(=O)C=CC(=O)OCCC[N+]1(C)CCc3cc(OC)c(OC)c(OC)c3C1c1cc(OC)c(OC)c(OC)c1)CC2. The van der Waals surface area contributed by atoms with E-state index < -0.39 is 11.9 Å². The van der Waals surface area contributed by atoms with Crippen molar-refractivity contribution in [2.24, 2.45) is 0 Å². The highest BCUT2D eigenvalue weighted by Crippen LogP contribution is 2.53. The molecule has 0 spiro atoms. The fourth-order valence-corrected chi connectivity index (χ4v) is 10.4. The summed E-state index contributed by atoms with van der Waals surface area (Å²) in [5, 5.41) is 0. The van der Waals surface area contributed by atoms with Crippen LogP contribution in [-0.2, 0) is 38.3 Å². The Bertz CT molecular complexity index is 2490. The lowest BCUT2D eigenvalue weighted by atomic mass is 9.84. The van der Waals surface area contributed by atoms with Gasteiger partial charge in [0, 0.05) is 55.4 Å². The molecule has 2 aliphatic heterocycles. The molecular weight excluding hydrogens is 917 g/mol. The van der Waals surface area contributed by atoms with E-state index in [1.54, 1.807) is 78.2 Å². The number of benzene rings is 4. The third-order valence-corrected chi connectivity index (χ3v) is 14.0. The molecule has 17 heteroatoms. The second-order valence-corrected chi connectivity index (χ2v) is 18.0. The van der Waals surface area contributed by atoms with Crippen LogP contribution in [0, 0.1) is 0 Å². The fraction of sp³-hybridized carbons (Fsp3) is 0.481. The Labute approximate surface area is 418 Å². The number of likely N-dealkylation sites (N-methyl/N-ethyl adjacent to an activating group) is 2. The minimum atomic E-state index is -0.639. The Morgan fingerprint density at radius 1 is 0.493 bits per heavy atom. The molecule has 2 aliphatic rings. The van der Waals surface area contributed by atoms with Crippen molar-refractivity contribution < 1.29 is 80.1 Å². The van der Waals surface area contributed by atoms with Gasteiger partial charge in [-0.3, -0.25) is 0 Å². The highest BCUT2D eigenvalue weighted by molar-refractivity contribution is 5.91. The molecule has 0 aliphatic carbocycles. The Hall–Kier alpha value is -6.72. The maximum absolute atomic E-state index is 13.0. The summed E-state index contributed by atoms with van der Waals surface area (Å²) < 4.78 is 75.7. The van der Waals surface area contributed by atoms with Gasteiger partial charge in [-0.05, 0) is 59.2 Å². The van der Waals surface area contributed by atoms with Crippen molar-refractivity contribution in [3.8, 4) is 63.2 Å². The zero-order valence-corrected chi connectivity index (χ0v) is 43.6. The van der Waals surface area contributed by atoms with Crippen LogP contribution in [0.15, 0.2) is 54.6 Å². The average Bonchev–Trinajstić information content (AvgIpc) is 3.39. The van der Waals surface area contributed by atoms with Crippen molar-refractivity contribution >= 4 is 11.9 Å². The summed E-state index contributed by atoms with van der Waals surface area (Å²) >= 11 is 0. The third kappa shape index (κ3) is 11.4. The van der Waals surface area contributed by atoms with Crippen LogP contribution in [0.25, 0.3) is 0 Å². The summed E-state index contributed by atoms with van der Waals surface area (Å²) in [5.74, 6) is 4.91. The van der Waals surface area contributed by atoms with Crippen molar-refractivity contribution in [2.75, 3.05) is 132 Å². The smallest absolute Gasteiger partial charge is 0.331 e. The van der Waals surface area contributed by atoms with Crippen LogP contribution in [0.3, 0.4) is 0 Å². The van der Waals surface area contributed by atoms with Crippen molar-refractivity contribution in [3.63, 3.8) is 0 Å². The maximum Gasteiger partial charge on any atom is 0.331 e. The number of carbonyl (C=O) groups is 2. The molecule has 0 radical (unpaired) electrons. The van der Waals surface area contributed by atoms with Gasteiger partial charge >= 0.3 is 11.9 Å². The van der Waals surface area contributed by atoms with Gasteiger partial charge in [-0.2, -0.15) is 0 Å². The predicted molar refractivity (Wildman–Crippen MR) is 266 cm³/mol. The summed E-state index contributed by atoms with van der Waals surface area (Å²) in [6.45, 7) is 3.20. The van der Waals surface area contributed by atoms with Gasteiger partial charge in [0.2, 0.25) is 17.2 Å². The predicted octanol–water partition coefficient (Wildman–Crippen LogP) is 7.28. The molecule has 0 aromatic heterocycles. The molecule has 0 saturated heterocycles. The van der Waals surface area contributed by atoms with Crippen LogP contribution >= 0.6 is 0 Å². The standard InChI is InChI=1S/C54H72N2O15/c1-55(22-18-35-29-40(59-3)41(60-4)33-38(35)39(55)26-34-27-42(61-5)51(66-10)43(28-34)62-6)20-14-24-70-47(57)16-17-48(58)71-25-15-21-56(2)23-19-36-30-46(65-9)53(68-12)54(69-13)49(36)50(56)37-31-44(63-7)52(67-11)45(32-37)64-8/h16-17,27-33,39,50H,14-15,18-26H2,1-13H3/q+2. The van der Waals surface area contributed by atoms with E-state index in [0.717, 1.165) is 65.9 Å². The van der Waals surface area contributed by atoms with Crippen LogP contribution in [0.1, 0.15) is 58.3 Å².